The maximum absolute atomic E-state index is 3.58. The molecule has 1 atom stereocenters. The quantitative estimate of drug-likeness (QED) is 0.822. The van der Waals surface area contributed by atoms with Crippen LogP contribution >= 0.6 is 22.7 Å². The average molecular weight is 265 g/mol. The second kappa shape index (κ2) is 6.34. The molecule has 2 aromatic heterocycles. The van der Waals surface area contributed by atoms with Gasteiger partial charge in [-0.25, -0.2) is 0 Å². The highest BCUT2D eigenvalue weighted by Gasteiger charge is 2.13. The van der Waals surface area contributed by atoms with Gasteiger partial charge in [0.2, 0.25) is 0 Å². The van der Waals surface area contributed by atoms with Crippen molar-refractivity contribution in [2.24, 2.45) is 0 Å². The Morgan fingerprint density at radius 1 is 1.18 bits per heavy atom. The van der Waals surface area contributed by atoms with Crippen molar-refractivity contribution < 1.29 is 0 Å². The number of nitrogens with one attached hydrogen (secondary N) is 1. The fourth-order valence-corrected chi connectivity index (χ4v) is 3.74. The average Bonchev–Trinajstić information content (AvgIpc) is 2.99. The van der Waals surface area contributed by atoms with Crippen LogP contribution in [0.25, 0.3) is 0 Å². The first-order chi connectivity index (χ1) is 8.33. The molecule has 0 aliphatic heterocycles. The van der Waals surface area contributed by atoms with Gasteiger partial charge in [0, 0.05) is 27.1 Å². The minimum Gasteiger partial charge on any atom is -0.309 e. The molecule has 17 heavy (non-hydrogen) atoms. The maximum Gasteiger partial charge on any atom is 0.0463 e. The van der Waals surface area contributed by atoms with Gasteiger partial charge in [0.25, 0.3) is 0 Å². The minimum atomic E-state index is 0.475. The van der Waals surface area contributed by atoms with Crippen LogP contribution in [0.5, 0.6) is 0 Å². The first-order valence-electron chi connectivity index (χ1n) is 6.17. The molecule has 2 rings (SSSR count). The van der Waals surface area contributed by atoms with Gasteiger partial charge in [-0.3, -0.25) is 0 Å². The van der Waals surface area contributed by atoms with E-state index in [9.17, 15) is 0 Å². The first-order valence-corrected chi connectivity index (χ1v) is 7.87. The van der Waals surface area contributed by atoms with E-state index in [1.807, 2.05) is 22.7 Å². The third kappa shape index (κ3) is 3.41. The Bertz CT molecular complexity index is 431. The second-order valence-electron chi connectivity index (χ2n) is 4.05. The van der Waals surface area contributed by atoms with E-state index in [2.05, 4.69) is 48.8 Å². The van der Waals surface area contributed by atoms with Crippen molar-refractivity contribution in [1.29, 1.82) is 0 Å². The monoisotopic (exact) mass is 265 g/mol. The maximum atomic E-state index is 3.58. The van der Waals surface area contributed by atoms with Gasteiger partial charge >= 0.3 is 0 Å². The molecule has 0 spiro atoms. The van der Waals surface area contributed by atoms with Crippen LogP contribution < -0.4 is 5.32 Å². The summed E-state index contributed by atoms with van der Waals surface area (Å²) in [5.74, 6) is 0. The molecule has 0 aliphatic rings. The Hall–Kier alpha value is -0.640. The minimum absolute atomic E-state index is 0.475. The van der Waals surface area contributed by atoms with E-state index >= 15 is 0 Å². The number of hydrogen-bond acceptors (Lipinski definition) is 3. The second-order valence-corrected chi connectivity index (χ2v) is 6.28. The highest BCUT2D eigenvalue weighted by Crippen LogP contribution is 2.26. The van der Waals surface area contributed by atoms with Crippen LogP contribution in [0.3, 0.4) is 0 Å². The molecule has 0 aliphatic carbocycles. The van der Waals surface area contributed by atoms with Crippen LogP contribution in [0, 0.1) is 0 Å². The molecule has 0 saturated heterocycles. The Morgan fingerprint density at radius 2 is 2.00 bits per heavy atom. The predicted molar refractivity (Wildman–Crippen MR) is 78.1 cm³/mol. The first kappa shape index (κ1) is 12.8. The molecule has 0 saturated carbocycles. The number of rotatable bonds is 6. The molecule has 0 aromatic carbocycles. The molecule has 3 heteroatoms. The van der Waals surface area contributed by atoms with Gasteiger partial charge in [-0.05, 0) is 36.5 Å². The SMILES string of the molecule is CCNC(Cc1ccc(CC)s1)c1cccs1. The Labute approximate surface area is 112 Å². The number of aryl methyl sites for hydroxylation is 1. The van der Waals surface area contributed by atoms with Crippen molar-refractivity contribution in [3.8, 4) is 0 Å². The molecule has 0 radical (unpaired) electrons. The number of hydrogen-bond donors (Lipinski definition) is 1. The lowest BCUT2D eigenvalue weighted by Crippen LogP contribution is -2.21. The molecule has 1 nitrogen and oxygen atoms in total. The van der Waals surface area contributed by atoms with Crippen LogP contribution in [0.15, 0.2) is 29.6 Å². The largest absolute Gasteiger partial charge is 0.309 e. The van der Waals surface area contributed by atoms with E-state index in [0.29, 0.717) is 6.04 Å². The van der Waals surface area contributed by atoms with Gasteiger partial charge in [-0.1, -0.05) is 19.9 Å². The zero-order valence-electron chi connectivity index (χ0n) is 10.4. The van der Waals surface area contributed by atoms with Gasteiger partial charge < -0.3 is 5.32 Å². The van der Waals surface area contributed by atoms with Gasteiger partial charge in [-0.2, -0.15) is 0 Å². The van der Waals surface area contributed by atoms with Crippen molar-refractivity contribution in [1.82, 2.24) is 5.32 Å². The topological polar surface area (TPSA) is 12.0 Å². The smallest absolute Gasteiger partial charge is 0.0463 e. The summed E-state index contributed by atoms with van der Waals surface area (Å²) in [5.41, 5.74) is 0. The summed E-state index contributed by atoms with van der Waals surface area (Å²) in [7, 11) is 0. The third-order valence-corrected chi connectivity index (χ3v) is 5.05. The lowest BCUT2D eigenvalue weighted by atomic mass is 10.1. The summed E-state index contributed by atoms with van der Waals surface area (Å²) >= 11 is 3.79. The summed E-state index contributed by atoms with van der Waals surface area (Å²) in [6.07, 6.45) is 2.26. The fourth-order valence-electron chi connectivity index (χ4n) is 1.93. The van der Waals surface area contributed by atoms with Gasteiger partial charge in [0.05, 0.1) is 0 Å². The van der Waals surface area contributed by atoms with Crippen LogP contribution in [0.2, 0.25) is 0 Å². The summed E-state index contributed by atoms with van der Waals surface area (Å²) in [4.78, 5) is 4.42. The summed E-state index contributed by atoms with van der Waals surface area (Å²) in [5, 5.41) is 5.74. The van der Waals surface area contributed by atoms with E-state index < -0.39 is 0 Å². The standard InChI is InChI=1S/C14H19NS2/c1-3-11-7-8-12(17-11)10-13(15-4-2)14-6-5-9-16-14/h5-9,13,15H,3-4,10H2,1-2H3. The third-order valence-electron chi connectivity index (χ3n) is 2.81. The van der Waals surface area contributed by atoms with Crippen LogP contribution in [0.1, 0.15) is 34.5 Å². The Kier molecular flexibility index (Phi) is 4.77. The predicted octanol–water partition coefficient (Wildman–Crippen LogP) is 4.27. The zero-order valence-corrected chi connectivity index (χ0v) is 12.0. The number of thiophene rings is 2. The van der Waals surface area contributed by atoms with Crippen molar-refractivity contribution in [3.05, 3.63) is 44.3 Å². The van der Waals surface area contributed by atoms with Crippen molar-refractivity contribution in [2.75, 3.05) is 6.54 Å². The molecule has 1 N–H and O–H groups in total. The van der Waals surface area contributed by atoms with Crippen molar-refractivity contribution in [3.63, 3.8) is 0 Å². The van der Waals surface area contributed by atoms with Crippen molar-refractivity contribution in [2.45, 2.75) is 32.7 Å². The van der Waals surface area contributed by atoms with Crippen LogP contribution in [0.4, 0.5) is 0 Å². The molecule has 92 valence electrons. The fraction of sp³-hybridized carbons (Fsp3) is 0.429. The molecule has 2 heterocycles. The van der Waals surface area contributed by atoms with Crippen LogP contribution in [-0.2, 0) is 12.8 Å². The van der Waals surface area contributed by atoms with Gasteiger partial charge in [0.1, 0.15) is 0 Å². The molecular formula is C14H19NS2. The summed E-state index contributed by atoms with van der Waals surface area (Å²) < 4.78 is 0. The van der Waals surface area contributed by atoms with E-state index in [-0.39, 0.29) is 0 Å². The van der Waals surface area contributed by atoms with E-state index in [0.717, 1.165) is 19.4 Å². The molecule has 0 fully saturated rings. The van der Waals surface area contributed by atoms with Gasteiger partial charge in [0.15, 0.2) is 0 Å². The highest BCUT2D eigenvalue weighted by atomic mass is 32.1. The molecule has 0 bridgehead atoms. The number of likely N-dealkylation sites (N-methyl/N-ethyl adjacent to an activating group) is 1. The normalized spacial score (nSPS) is 12.8. The lowest BCUT2D eigenvalue weighted by Gasteiger charge is -2.15. The molecule has 0 amide bonds. The molecule has 2 aromatic rings. The lowest BCUT2D eigenvalue weighted by molar-refractivity contribution is 0.562. The highest BCUT2D eigenvalue weighted by molar-refractivity contribution is 7.12. The Balaban J connectivity index is 2.07. The van der Waals surface area contributed by atoms with Gasteiger partial charge in [-0.15, -0.1) is 22.7 Å². The summed E-state index contributed by atoms with van der Waals surface area (Å²) in [6, 6.07) is 9.38. The van der Waals surface area contributed by atoms with E-state index in [1.54, 1.807) is 0 Å². The Morgan fingerprint density at radius 3 is 2.59 bits per heavy atom. The zero-order chi connectivity index (χ0) is 12.1. The summed E-state index contributed by atoms with van der Waals surface area (Å²) in [6.45, 7) is 5.41. The molecule has 1 unspecified atom stereocenters. The van der Waals surface area contributed by atoms with Crippen molar-refractivity contribution >= 4 is 22.7 Å². The van der Waals surface area contributed by atoms with E-state index in [4.69, 9.17) is 0 Å². The van der Waals surface area contributed by atoms with E-state index in [1.165, 1.54) is 14.6 Å². The molecular weight excluding hydrogens is 246 g/mol. The van der Waals surface area contributed by atoms with Crippen LogP contribution in [-0.4, -0.2) is 6.54 Å².